The molecule has 1 aromatic rings. The van der Waals surface area contributed by atoms with Crippen LogP contribution < -0.4 is 10.6 Å². The molecule has 1 unspecified atom stereocenters. The van der Waals surface area contributed by atoms with Crippen LogP contribution in [0.2, 0.25) is 0 Å². The Labute approximate surface area is 113 Å². The van der Waals surface area contributed by atoms with Gasteiger partial charge in [-0.05, 0) is 37.1 Å². The molecule has 0 saturated heterocycles. The summed E-state index contributed by atoms with van der Waals surface area (Å²) in [6.45, 7) is 6.80. The summed E-state index contributed by atoms with van der Waals surface area (Å²) in [4.78, 5) is 22.8. The van der Waals surface area contributed by atoms with Crippen LogP contribution in [-0.4, -0.2) is 16.9 Å². The highest BCUT2D eigenvalue weighted by Gasteiger charge is 2.19. The van der Waals surface area contributed by atoms with E-state index in [0.717, 1.165) is 16.7 Å². The summed E-state index contributed by atoms with van der Waals surface area (Å²) in [7, 11) is 0. The van der Waals surface area contributed by atoms with Crippen molar-refractivity contribution in [3.63, 3.8) is 0 Å². The van der Waals surface area contributed by atoms with Crippen LogP contribution in [0, 0.1) is 13.8 Å². The molecule has 1 aromatic carbocycles. The van der Waals surface area contributed by atoms with E-state index in [-0.39, 0.29) is 17.6 Å². The first-order chi connectivity index (χ1) is 8.85. The van der Waals surface area contributed by atoms with Crippen LogP contribution in [0.4, 0.5) is 0 Å². The first-order valence-electron chi connectivity index (χ1n) is 6.21. The molecule has 0 aromatic heterocycles. The summed E-state index contributed by atoms with van der Waals surface area (Å²) in [5, 5.41) is 15.0. The Kier molecular flexibility index (Phi) is 4.92. The quantitative estimate of drug-likeness (QED) is 0.724. The molecule has 0 aliphatic rings. The van der Waals surface area contributed by atoms with Gasteiger partial charge in [0, 0.05) is 18.9 Å². The number of carbonyl (C=O) groups excluding carboxylic acids is 2. The lowest BCUT2D eigenvalue weighted by molar-refractivity contribution is -0.123. The summed E-state index contributed by atoms with van der Waals surface area (Å²) in [6, 6.07) is 3.21. The third kappa shape index (κ3) is 3.98. The fraction of sp³-hybridized carbons (Fsp3) is 0.429. The first kappa shape index (κ1) is 15.0. The molecule has 0 aliphatic heterocycles. The van der Waals surface area contributed by atoms with Gasteiger partial charge in [-0.1, -0.05) is 6.92 Å². The van der Waals surface area contributed by atoms with Crippen LogP contribution in [0.25, 0.3) is 0 Å². The lowest BCUT2D eigenvalue weighted by Crippen LogP contribution is -2.40. The molecule has 19 heavy (non-hydrogen) atoms. The number of phenols is 1. The molecule has 3 N–H and O–H groups in total. The Morgan fingerprint density at radius 2 is 1.74 bits per heavy atom. The van der Waals surface area contributed by atoms with Crippen LogP contribution in [0.15, 0.2) is 12.1 Å². The van der Waals surface area contributed by atoms with Gasteiger partial charge >= 0.3 is 0 Å². The van der Waals surface area contributed by atoms with E-state index in [4.69, 9.17) is 0 Å². The van der Waals surface area contributed by atoms with Crippen molar-refractivity contribution >= 4 is 11.8 Å². The summed E-state index contributed by atoms with van der Waals surface area (Å²) >= 11 is 0. The Hall–Kier alpha value is -2.04. The fourth-order valence-electron chi connectivity index (χ4n) is 2.05. The Morgan fingerprint density at radius 1 is 1.21 bits per heavy atom. The van der Waals surface area contributed by atoms with Crippen LogP contribution in [0.5, 0.6) is 5.75 Å². The number of aryl methyl sites for hydroxylation is 2. The number of aromatic hydroxyl groups is 1. The smallest absolute Gasteiger partial charge is 0.221 e. The highest BCUT2D eigenvalue weighted by Crippen LogP contribution is 2.25. The van der Waals surface area contributed by atoms with Gasteiger partial charge in [0.1, 0.15) is 11.9 Å². The van der Waals surface area contributed by atoms with Gasteiger partial charge in [-0.2, -0.15) is 0 Å². The van der Waals surface area contributed by atoms with Crippen molar-refractivity contribution in [2.75, 3.05) is 0 Å². The van der Waals surface area contributed by atoms with E-state index in [1.807, 2.05) is 13.8 Å². The van der Waals surface area contributed by atoms with E-state index in [0.29, 0.717) is 6.42 Å². The van der Waals surface area contributed by atoms with Gasteiger partial charge in [0.15, 0.2) is 0 Å². The molecule has 0 radical (unpaired) electrons. The zero-order chi connectivity index (χ0) is 14.6. The molecule has 0 heterocycles. The topological polar surface area (TPSA) is 78.4 Å². The van der Waals surface area contributed by atoms with Crippen molar-refractivity contribution in [3.05, 3.63) is 28.8 Å². The SMILES string of the molecule is CCC(=O)NC(NC(C)=O)c1c(C)cc(O)cc1C. The summed E-state index contributed by atoms with van der Waals surface area (Å²) in [5.41, 5.74) is 2.43. The molecule has 5 heteroatoms. The number of hydrogen-bond acceptors (Lipinski definition) is 3. The number of phenolic OH excluding ortho intramolecular Hbond substituents is 1. The summed E-state index contributed by atoms with van der Waals surface area (Å²) in [5.74, 6) is -0.207. The standard InChI is InChI=1S/C14H20N2O3/c1-5-12(19)16-14(15-10(4)17)13-8(2)6-11(18)7-9(13)3/h6-7,14,18H,5H2,1-4H3,(H,15,17)(H,16,19). The molecule has 0 fully saturated rings. The molecule has 0 aliphatic carbocycles. The van der Waals surface area contributed by atoms with E-state index >= 15 is 0 Å². The fourth-order valence-corrected chi connectivity index (χ4v) is 2.05. The Balaban J connectivity index is 3.16. The highest BCUT2D eigenvalue weighted by molar-refractivity contribution is 5.78. The molecule has 0 spiro atoms. The lowest BCUT2D eigenvalue weighted by atomic mass is 9.99. The highest BCUT2D eigenvalue weighted by atomic mass is 16.3. The van der Waals surface area contributed by atoms with Crippen LogP contribution in [0.1, 0.15) is 43.1 Å². The monoisotopic (exact) mass is 264 g/mol. The normalized spacial score (nSPS) is 11.8. The molecule has 0 saturated carbocycles. The molecule has 5 nitrogen and oxygen atoms in total. The summed E-state index contributed by atoms with van der Waals surface area (Å²) < 4.78 is 0. The van der Waals surface area contributed by atoms with E-state index < -0.39 is 6.17 Å². The van der Waals surface area contributed by atoms with E-state index in [1.165, 1.54) is 6.92 Å². The average Bonchev–Trinajstić information content (AvgIpc) is 2.26. The molecule has 2 amide bonds. The summed E-state index contributed by atoms with van der Waals surface area (Å²) in [6.07, 6.45) is -0.239. The molecular formula is C14H20N2O3. The predicted molar refractivity (Wildman–Crippen MR) is 72.6 cm³/mol. The van der Waals surface area contributed by atoms with Gasteiger partial charge in [0.05, 0.1) is 0 Å². The van der Waals surface area contributed by atoms with Gasteiger partial charge in [-0.25, -0.2) is 0 Å². The second kappa shape index (κ2) is 6.22. The Bertz CT molecular complexity index is 474. The van der Waals surface area contributed by atoms with Crippen molar-refractivity contribution in [1.29, 1.82) is 0 Å². The first-order valence-corrected chi connectivity index (χ1v) is 6.21. The van der Waals surface area contributed by atoms with E-state index in [2.05, 4.69) is 10.6 Å². The minimum Gasteiger partial charge on any atom is -0.508 e. The number of carbonyl (C=O) groups is 2. The number of nitrogens with one attached hydrogen (secondary N) is 2. The second-order valence-corrected chi connectivity index (χ2v) is 4.55. The maximum Gasteiger partial charge on any atom is 0.221 e. The minimum atomic E-state index is -0.578. The van der Waals surface area contributed by atoms with Gasteiger partial charge in [-0.3, -0.25) is 9.59 Å². The predicted octanol–water partition coefficient (Wildman–Crippen LogP) is 1.67. The van der Waals surface area contributed by atoms with Gasteiger partial charge in [-0.15, -0.1) is 0 Å². The third-order valence-electron chi connectivity index (χ3n) is 2.84. The Morgan fingerprint density at radius 3 is 2.16 bits per heavy atom. The molecular weight excluding hydrogens is 244 g/mol. The van der Waals surface area contributed by atoms with Gasteiger partial charge in [0.25, 0.3) is 0 Å². The van der Waals surface area contributed by atoms with Crippen LogP contribution >= 0.6 is 0 Å². The number of hydrogen-bond donors (Lipinski definition) is 3. The zero-order valence-electron chi connectivity index (χ0n) is 11.7. The molecule has 104 valence electrons. The van der Waals surface area contributed by atoms with Crippen molar-refractivity contribution in [3.8, 4) is 5.75 Å². The van der Waals surface area contributed by atoms with Crippen molar-refractivity contribution in [2.45, 2.75) is 40.3 Å². The average molecular weight is 264 g/mol. The minimum absolute atomic E-state index is 0.148. The van der Waals surface area contributed by atoms with Crippen molar-refractivity contribution in [2.24, 2.45) is 0 Å². The number of amides is 2. The number of rotatable bonds is 4. The van der Waals surface area contributed by atoms with Crippen molar-refractivity contribution < 1.29 is 14.7 Å². The zero-order valence-corrected chi connectivity index (χ0v) is 11.7. The van der Waals surface area contributed by atoms with E-state index in [9.17, 15) is 14.7 Å². The van der Waals surface area contributed by atoms with Gasteiger partial charge in [0.2, 0.25) is 11.8 Å². The van der Waals surface area contributed by atoms with Crippen LogP contribution in [-0.2, 0) is 9.59 Å². The molecule has 1 atom stereocenters. The third-order valence-corrected chi connectivity index (χ3v) is 2.84. The maximum atomic E-state index is 11.6. The second-order valence-electron chi connectivity index (χ2n) is 4.55. The van der Waals surface area contributed by atoms with E-state index in [1.54, 1.807) is 19.1 Å². The van der Waals surface area contributed by atoms with Crippen LogP contribution in [0.3, 0.4) is 0 Å². The number of benzene rings is 1. The molecule has 0 bridgehead atoms. The lowest BCUT2D eigenvalue weighted by Gasteiger charge is -2.23. The maximum absolute atomic E-state index is 11.6. The van der Waals surface area contributed by atoms with Gasteiger partial charge < -0.3 is 15.7 Å². The van der Waals surface area contributed by atoms with Crippen molar-refractivity contribution in [1.82, 2.24) is 10.6 Å². The largest absolute Gasteiger partial charge is 0.508 e. The molecule has 1 rings (SSSR count).